The fraction of sp³-hybridized carbons (Fsp3) is 0.350. The number of nitrogens with zero attached hydrogens (tertiary/aromatic N) is 1. The summed E-state index contributed by atoms with van der Waals surface area (Å²) in [6.45, 7) is 3.08. The fourth-order valence-electron chi connectivity index (χ4n) is 3.25. The molecule has 0 bridgehead atoms. The Hall–Kier alpha value is -1.93. The van der Waals surface area contributed by atoms with Crippen molar-refractivity contribution in [3.8, 4) is 0 Å². The van der Waals surface area contributed by atoms with Crippen molar-refractivity contribution in [1.29, 1.82) is 0 Å². The zero-order valence-corrected chi connectivity index (χ0v) is 17.9. The average molecular weight is 469 g/mol. The number of nitrogens with one attached hydrogen (secondary N) is 1. The lowest BCUT2D eigenvalue weighted by Gasteiger charge is -2.34. The standard InChI is InChI=1S/C20H22BrFN2O3S/c1-2-28(26,27)17-6-4-16(5-7-17)24-11-9-15(10-12-24)23-20(25)18-13-14(21)3-8-19(18)22/h3-8,13,15H,2,9-12H2,1H3,(H,23,25). The molecular weight excluding hydrogens is 447 g/mol. The van der Waals surface area contributed by atoms with Crippen molar-refractivity contribution in [2.45, 2.75) is 30.7 Å². The molecule has 1 N–H and O–H groups in total. The van der Waals surface area contributed by atoms with Crippen LogP contribution in [0.4, 0.5) is 10.1 Å². The van der Waals surface area contributed by atoms with Crippen LogP contribution in [0.15, 0.2) is 51.8 Å². The number of hydrogen-bond donors (Lipinski definition) is 1. The van der Waals surface area contributed by atoms with Crippen molar-refractivity contribution in [2.75, 3.05) is 23.7 Å². The van der Waals surface area contributed by atoms with E-state index in [0.29, 0.717) is 9.37 Å². The van der Waals surface area contributed by atoms with Gasteiger partial charge in [0.25, 0.3) is 5.91 Å². The van der Waals surface area contributed by atoms with E-state index in [1.807, 2.05) is 12.1 Å². The van der Waals surface area contributed by atoms with Gasteiger partial charge >= 0.3 is 0 Å². The minimum Gasteiger partial charge on any atom is -0.371 e. The van der Waals surface area contributed by atoms with E-state index in [1.165, 1.54) is 12.1 Å². The Morgan fingerprint density at radius 1 is 1.18 bits per heavy atom. The van der Waals surface area contributed by atoms with Crippen LogP contribution in [0.25, 0.3) is 0 Å². The molecule has 0 atom stereocenters. The highest BCUT2D eigenvalue weighted by Crippen LogP contribution is 2.23. The number of halogens is 2. The molecule has 1 aliphatic rings. The molecule has 3 rings (SSSR count). The maximum Gasteiger partial charge on any atom is 0.254 e. The number of rotatable bonds is 5. The molecule has 1 heterocycles. The summed E-state index contributed by atoms with van der Waals surface area (Å²) in [7, 11) is -3.20. The Labute approximate surface area is 173 Å². The van der Waals surface area contributed by atoms with Crippen LogP contribution in [0, 0.1) is 5.82 Å². The van der Waals surface area contributed by atoms with Gasteiger partial charge < -0.3 is 10.2 Å². The van der Waals surface area contributed by atoms with Gasteiger partial charge in [-0.3, -0.25) is 4.79 Å². The zero-order chi connectivity index (χ0) is 20.3. The molecule has 1 fully saturated rings. The normalized spacial score (nSPS) is 15.5. The Morgan fingerprint density at radius 3 is 2.43 bits per heavy atom. The lowest BCUT2D eigenvalue weighted by atomic mass is 10.0. The van der Waals surface area contributed by atoms with Crippen LogP contribution in [0.3, 0.4) is 0 Å². The molecule has 5 nitrogen and oxygen atoms in total. The third-order valence-corrected chi connectivity index (χ3v) is 7.19. The van der Waals surface area contributed by atoms with E-state index in [-0.39, 0.29) is 17.4 Å². The van der Waals surface area contributed by atoms with Crippen LogP contribution in [0.2, 0.25) is 0 Å². The van der Waals surface area contributed by atoms with Crippen LogP contribution < -0.4 is 10.2 Å². The van der Waals surface area contributed by atoms with Crippen LogP contribution in [-0.2, 0) is 9.84 Å². The SMILES string of the molecule is CCS(=O)(=O)c1ccc(N2CCC(NC(=O)c3cc(Br)ccc3F)CC2)cc1. The molecule has 8 heteroatoms. The van der Waals surface area contributed by atoms with Gasteiger partial charge in [0.15, 0.2) is 9.84 Å². The second-order valence-electron chi connectivity index (χ2n) is 6.76. The molecule has 28 heavy (non-hydrogen) atoms. The summed E-state index contributed by atoms with van der Waals surface area (Å²) in [4.78, 5) is 14.8. The van der Waals surface area contributed by atoms with E-state index >= 15 is 0 Å². The van der Waals surface area contributed by atoms with E-state index in [0.717, 1.165) is 31.6 Å². The molecular formula is C20H22BrFN2O3S. The summed E-state index contributed by atoms with van der Waals surface area (Å²) in [6, 6.07) is 11.2. The van der Waals surface area contributed by atoms with Gasteiger partial charge in [-0.1, -0.05) is 22.9 Å². The maximum atomic E-state index is 13.9. The lowest BCUT2D eigenvalue weighted by Crippen LogP contribution is -2.44. The minimum absolute atomic E-state index is 0.0260. The summed E-state index contributed by atoms with van der Waals surface area (Å²) < 4.78 is 38.3. The molecule has 150 valence electrons. The number of carbonyl (C=O) groups is 1. The van der Waals surface area contributed by atoms with Crippen molar-refractivity contribution in [3.05, 3.63) is 58.3 Å². The summed E-state index contributed by atoms with van der Waals surface area (Å²) in [5, 5.41) is 2.91. The van der Waals surface area contributed by atoms with Crippen LogP contribution >= 0.6 is 15.9 Å². The molecule has 1 saturated heterocycles. The highest BCUT2D eigenvalue weighted by atomic mass is 79.9. The maximum absolute atomic E-state index is 13.9. The van der Waals surface area contributed by atoms with Crippen LogP contribution in [-0.4, -0.2) is 39.2 Å². The third kappa shape index (κ3) is 4.72. The molecule has 0 radical (unpaired) electrons. The van der Waals surface area contributed by atoms with Gasteiger partial charge in [0.1, 0.15) is 5.82 Å². The number of anilines is 1. The molecule has 0 saturated carbocycles. The topological polar surface area (TPSA) is 66.5 Å². The van der Waals surface area contributed by atoms with Crippen molar-refractivity contribution in [2.24, 2.45) is 0 Å². The zero-order valence-electron chi connectivity index (χ0n) is 15.5. The van der Waals surface area contributed by atoms with Gasteiger partial charge in [-0.15, -0.1) is 0 Å². The Morgan fingerprint density at radius 2 is 1.82 bits per heavy atom. The van der Waals surface area contributed by atoms with Gasteiger partial charge in [0, 0.05) is 29.3 Å². The molecule has 2 aromatic rings. The quantitative estimate of drug-likeness (QED) is 0.724. The highest BCUT2D eigenvalue weighted by molar-refractivity contribution is 9.10. The summed E-state index contributed by atoms with van der Waals surface area (Å²) >= 11 is 3.25. The first-order valence-corrected chi connectivity index (χ1v) is 11.6. The Bertz CT molecular complexity index is 956. The van der Waals surface area contributed by atoms with Gasteiger partial charge in [0.2, 0.25) is 0 Å². The fourth-order valence-corrected chi connectivity index (χ4v) is 4.49. The second kappa shape index (κ2) is 8.61. The third-order valence-electron chi connectivity index (χ3n) is 4.94. The molecule has 1 amide bonds. The van der Waals surface area contributed by atoms with Gasteiger partial charge in [-0.2, -0.15) is 0 Å². The van der Waals surface area contributed by atoms with Crippen molar-refractivity contribution in [3.63, 3.8) is 0 Å². The van der Waals surface area contributed by atoms with Gasteiger partial charge in [-0.05, 0) is 55.3 Å². The smallest absolute Gasteiger partial charge is 0.254 e. The van der Waals surface area contributed by atoms with Gasteiger partial charge in [0.05, 0.1) is 16.2 Å². The van der Waals surface area contributed by atoms with E-state index in [9.17, 15) is 17.6 Å². The number of amides is 1. The number of hydrogen-bond acceptors (Lipinski definition) is 4. The van der Waals surface area contributed by atoms with Crippen molar-refractivity contribution >= 4 is 37.4 Å². The van der Waals surface area contributed by atoms with Crippen LogP contribution in [0.5, 0.6) is 0 Å². The van der Waals surface area contributed by atoms with E-state index in [2.05, 4.69) is 26.1 Å². The average Bonchev–Trinajstić information content (AvgIpc) is 2.70. The molecule has 2 aromatic carbocycles. The molecule has 0 spiro atoms. The molecule has 0 unspecified atom stereocenters. The van der Waals surface area contributed by atoms with E-state index in [4.69, 9.17) is 0 Å². The largest absolute Gasteiger partial charge is 0.371 e. The molecule has 0 aliphatic carbocycles. The Balaban J connectivity index is 1.59. The van der Waals surface area contributed by atoms with E-state index < -0.39 is 21.6 Å². The second-order valence-corrected chi connectivity index (χ2v) is 9.95. The van der Waals surface area contributed by atoms with E-state index in [1.54, 1.807) is 25.1 Å². The summed E-state index contributed by atoms with van der Waals surface area (Å²) in [5.41, 5.74) is 0.988. The number of piperidine rings is 1. The summed E-state index contributed by atoms with van der Waals surface area (Å²) in [6.07, 6.45) is 1.47. The van der Waals surface area contributed by atoms with Gasteiger partial charge in [-0.25, -0.2) is 12.8 Å². The first-order chi connectivity index (χ1) is 13.3. The lowest BCUT2D eigenvalue weighted by molar-refractivity contribution is 0.0927. The molecule has 0 aromatic heterocycles. The number of benzene rings is 2. The predicted molar refractivity (Wildman–Crippen MR) is 111 cm³/mol. The first-order valence-electron chi connectivity index (χ1n) is 9.14. The predicted octanol–water partition coefficient (Wildman–Crippen LogP) is 3.78. The van der Waals surface area contributed by atoms with Crippen molar-refractivity contribution < 1.29 is 17.6 Å². The minimum atomic E-state index is -3.20. The Kier molecular flexibility index (Phi) is 6.40. The highest BCUT2D eigenvalue weighted by Gasteiger charge is 2.23. The van der Waals surface area contributed by atoms with Crippen LogP contribution in [0.1, 0.15) is 30.1 Å². The monoisotopic (exact) mass is 468 g/mol. The van der Waals surface area contributed by atoms with Crippen molar-refractivity contribution in [1.82, 2.24) is 5.32 Å². The number of sulfone groups is 1. The molecule has 1 aliphatic heterocycles. The first kappa shape index (κ1) is 20.8. The summed E-state index contributed by atoms with van der Waals surface area (Å²) in [5.74, 6) is -0.873. The number of carbonyl (C=O) groups excluding carboxylic acids is 1.